The highest BCUT2D eigenvalue weighted by atomic mass is 32.2. The number of halogens is 2. The van der Waals surface area contributed by atoms with Gasteiger partial charge in [0.25, 0.3) is 0 Å². The highest BCUT2D eigenvalue weighted by molar-refractivity contribution is 8.00. The third-order valence-electron chi connectivity index (χ3n) is 6.28. The molecule has 1 spiro atoms. The molecule has 9 nitrogen and oxygen atoms in total. The third-order valence-corrected chi connectivity index (χ3v) is 8.21. The normalized spacial score (nSPS) is 26.0. The van der Waals surface area contributed by atoms with Crippen molar-refractivity contribution in [1.29, 1.82) is 0 Å². The number of thioether (sulfide) groups is 1. The number of ether oxygens (including phenoxy) is 1. The molecular formula is C20H19F2N5O4S2. The van der Waals surface area contributed by atoms with E-state index in [1.54, 1.807) is 20.1 Å². The first-order valence-electron chi connectivity index (χ1n) is 10.1. The largest absolute Gasteiger partial charge is 0.372 e. The number of urea groups is 1. The van der Waals surface area contributed by atoms with Gasteiger partial charge in [0.05, 0.1) is 29.5 Å². The fourth-order valence-electron chi connectivity index (χ4n) is 5.09. The van der Waals surface area contributed by atoms with Crippen molar-refractivity contribution < 1.29 is 27.9 Å². The zero-order valence-electron chi connectivity index (χ0n) is 17.8. The van der Waals surface area contributed by atoms with Crippen LogP contribution in [-0.4, -0.2) is 59.1 Å². The van der Waals surface area contributed by atoms with Crippen molar-refractivity contribution in [3.05, 3.63) is 23.3 Å². The molecule has 3 aliphatic rings. The standard InChI is InChI=1S/C20H19F2N5O4S2/c1-7-6-27-13-9(4-10(11(21)12(13)22)15-25-26-19(32-3)33-15)5-20(14(27)8(2)31-7)16(28)23-18(30)24-17(20)29/h4,7-8,14H,5-6H2,1-3H3,(H2,23,24,28,29,30)/t7-,8+,14?/m0/s1. The number of benzene rings is 1. The Kier molecular flexibility index (Phi) is 5.18. The number of carbonyl (C=O) groups excluding carboxylic acids is 3. The quantitative estimate of drug-likeness (QED) is 0.481. The van der Waals surface area contributed by atoms with E-state index >= 15 is 8.78 Å². The molecule has 0 aliphatic carbocycles. The van der Waals surface area contributed by atoms with Crippen molar-refractivity contribution in [3.8, 4) is 10.6 Å². The summed E-state index contributed by atoms with van der Waals surface area (Å²) >= 11 is 2.43. The Morgan fingerprint density at radius 1 is 1.18 bits per heavy atom. The summed E-state index contributed by atoms with van der Waals surface area (Å²) < 4.78 is 37.3. The maximum absolute atomic E-state index is 15.6. The monoisotopic (exact) mass is 495 g/mol. The molecule has 1 aromatic carbocycles. The van der Waals surface area contributed by atoms with Crippen LogP contribution >= 0.6 is 23.1 Å². The summed E-state index contributed by atoms with van der Waals surface area (Å²) in [5, 5.41) is 12.4. The van der Waals surface area contributed by atoms with Gasteiger partial charge in [0, 0.05) is 13.0 Å². The van der Waals surface area contributed by atoms with Crippen LogP contribution in [0.5, 0.6) is 0 Å². The lowest BCUT2D eigenvalue weighted by Crippen LogP contribution is -2.75. The van der Waals surface area contributed by atoms with Gasteiger partial charge in [-0.05, 0) is 31.7 Å². The number of fused-ring (bicyclic) bond motifs is 4. The number of hydrogen-bond donors (Lipinski definition) is 2. The molecule has 174 valence electrons. The van der Waals surface area contributed by atoms with E-state index in [4.69, 9.17) is 4.74 Å². The zero-order valence-corrected chi connectivity index (χ0v) is 19.4. The first-order chi connectivity index (χ1) is 15.7. The number of nitrogens with zero attached hydrogens (tertiary/aromatic N) is 3. The number of hydrogen-bond acceptors (Lipinski definition) is 9. The maximum atomic E-state index is 15.6. The predicted molar refractivity (Wildman–Crippen MR) is 116 cm³/mol. The lowest BCUT2D eigenvalue weighted by atomic mass is 9.66. The van der Waals surface area contributed by atoms with E-state index in [9.17, 15) is 14.4 Å². The zero-order chi connectivity index (χ0) is 23.7. The van der Waals surface area contributed by atoms with Crippen molar-refractivity contribution in [2.75, 3.05) is 17.7 Å². The van der Waals surface area contributed by atoms with E-state index in [1.807, 2.05) is 0 Å². The summed E-state index contributed by atoms with van der Waals surface area (Å²) in [6.45, 7) is 3.57. The predicted octanol–water partition coefficient (Wildman–Crippen LogP) is 2.10. The van der Waals surface area contributed by atoms with Gasteiger partial charge in [0.2, 0.25) is 11.8 Å². The smallest absolute Gasteiger partial charge is 0.328 e. The maximum Gasteiger partial charge on any atom is 0.328 e. The molecule has 0 bridgehead atoms. The Morgan fingerprint density at radius 3 is 2.52 bits per heavy atom. The van der Waals surface area contributed by atoms with Crippen LogP contribution in [0.4, 0.5) is 19.3 Å². The summed E-state index contributed by atoms with van der Waals surface area (Å²) in [7, 11) is 0. The van der Waals surface area contributed by atoms with E-state index in [-0.39, 0.29) is 40.9 Å². The summed E-state index contributed by atoms with van der Waals surface area (Å²) in [6, 6.07) is -0.452. The first kappa shape index (κ1) is 22.2. The average Bonchev–Trinajstić information content (AvgIpc) is 3.22. The second-order valence-corrected chi connectivity index (χ2v) is 10.3. The molecular weight excluding hydrogens is 476 g/mol. The molecule has 4 heterocycles. The Hall–Kier alpha value is -2.64. The molecule has 13 heteroatoms. The van der Waals surface area contributed by atoms with Crippen LogP contribution in [0.2, 0.25) is 0 Å². The van der Waals surface area contributed by atoms with Gasteiger partial charge >= 0.3 is 6.03 Å². The number of amides is 4. The molecule has 2 N–H and O–H groups in total. The molecule has 33 heavy (non-hydrogen) atoms. The van der Waals surface area contributed by atoms with Crippen molar-refractivity contribution in [2.24, 2.45) is 5.41 Å². The minimum absolute atomic E-state index is 0.0130. The minimum Gasteiger partial charge on any atom is -0.372 e. The topological polar surface area (TPSA) is 114 Å². The van der Waals surface area contributed by atoms with E-state index in [2.05, 4.69) is 20.8 Å². The third kappa shape index (κ3) is 3.16. The molecule has 5 rings (SSSR count). The van der Waals surface area contributed by atoms with Gasteiger partial charge in [-0.2, -0.15) is 0 Å². The van der Waals surface area contributed by atoms with Gasteiger partial charge < -0.3 is 9.64 Å². The second kappa shape index (κ2) is 7.71. The van der Waals surface area contributed by atoms with E-state index < -0.39 is 47.0 Å². The lowest BCUT2D eigenvalue weighted by molar-refractivity contribution is -0.153. The number of barbiturate groups is 1. The molecule has 3 atom stereocenters. The van der Waals surface area contributed by atoms with Gasteiger partial charge in [-0.15, -0.1) is 10.2 Å². The molecule has 1 unspecified atom stereocenters. The van der Waals surface area contributed by atoms with E-state index in [0.29, 0.717) is 4.34 Å². The Morgan fingerprint density at radius 2 is 1.88 bits per heavy atom. The minimum atomic E-state index is -1.77. The lowest BCUT2D eigenvalue weighted by Gasteiger charge is -2.55. The van der Waals surface area contributed by atoms with Crippen LogP contribution in [0.1, 0.15) is 19.4 Å². The van der Waals surface area contributed by atoms with Crippen LogP contribution in [0, 0.1) is 17.0 Å². The van der Waals surface area contributed by atoms with Gasteiger partial charge in [-0.3, -0.25) is 20.2 Å². The van der Waals surface area contributed by atoms with Gasteiger partial charge in [-0.1, -0.05) is 23.1 Å². The Bertz CT molecular complexity index is 1190. The van der Waals surface area contributed by atoms with Crippen molar-refractivity contribution in [2.45, 2.75) is 42.9 Å². The number of morpholine rings is 1. The molecule has 2 fully saturated rings. The Labute approximate surface area is 195 Å². The number of nitrogens with one attached hydrogen (secondary N) is 2. The van der Waals surface area contributed by atoms with Crippen molar-refractivity contribution in [3.63, 3.8) is 0 Å². The highest BCUT2D eigenvalue weighted by Crippen LogP contribution is 2.49. The number of imide groups is 2. The summed E-state index contributed by atoms with van der Waals surface area (Å²) in [6.07, 6.45) is 0.501. The van der Waals surface area contributed by atoms with Crippen molar-refractivity contribution >= 4 is 46.6 Å². The Balaban J connectivity index is 1.73. The number of aromatic nitrogens is 2. The second-order valence-electron chi connectivity index (χ2n) is 8.27. The number of carbonyl (C=O) groups is 3. The van der Waals surface area contributed by atoms with E-state index in [0.717, 1.165) is 11.3 Å². The van der Waals surface area contributed by atoms with Crippen LogP contribution in [-0.2, 0) is 20.7 Å². The van der Waals surface area contributed by atoms with Gasteiger partial charge in [-0.25, -0.2) is 13.6 Å². The molecule has 3 aliphatic heterocycles. The van der Waals surface area contributed by atoms with Crippen LogP contribution in [0.3, 0.4) is 0 Å². The SMILES string of the molecule is CSc1nnc(-c2cc3c(c(F)c2F)N2C[C@H](C)O[C@H](C)C2C2(C3)C(=O)NC(=O)NC2=O)s1. The highest BCUT2D eigenvalue weighted by Gasteiger charge is 2.63. The van der Waals surface area contributed by atoms with Crippen LogP contribution < -0.4 is 15.5 Å². The number of rotatable bonds is 2. The molecule has 4 amide bonds. The van der Waals surface area contributed by atoms with Gasteiger partial charge in [0.15, 0.2) is 26.4 Å². The molecule has 2 aromatic rings. The average molecular weight is 496 g/mol. The summed E-state index contributed by atoms with van der Waals surface area (Å²) in [5.74, 6) is -3.76. The first-order valence-corrected chi connectivity index (χ1v) is 12.2. The fourth-order valence-corrected chi connectivity index (χ4v) is 6.37. The molecule has 1 aromatic heterocycles. The summed E-state index contributed by atoms with van der Waals surface area (Å²) in [5.41, 5.74) is -1.62. The fraction of sp³-hybridized carbons (Fsp3) is 0.450. The summed E-state index contributed by atoms with van der Waals surface area (Å²) in [4.78, 5) is 39.6. The molecule has 0 saturated carbocycles. The molecule has 2 saturated heterocycles. The van der Waals surface area contributed by atoms with E-state index in [1.165, 1.54) is 22.7 Å². The number of anilines is 1. The van der Waals surface area contributed by atoms with Crippen LogP contribution in [0.15, 0.2) is 10.4 Å². The van der Waals surface area contributed by atoms with Crippen molar-refractivity contribution in [1.82, 2.24) is 20.8 Å². The molecule has 0 radical (unpaired) electrons. The van der Waals surface area contributed by atoms with Gasteiger partial charge in [0.1, 0.15) is 0 Å². The van der Waals surface area contributed by atoms with Crippen LogP contribution in [0.25, 0.3) is 10.6 Å².